The quantitative estimate of drug-likeness (QED) is 0.411. The van der Waals surface area contributed by atoms with Crippen LogP contribution in [0.3, 0.4) is 0 Å². The van der Waals surface area contributed by atoms with Gasteiger partial charge in [-0.1, -0.05) is 29.8 Å². The predicted octanol–water partition coefficient (Wildman–Crippen LogP) is 3.71. The molecule has 1 atom stereocenters. The van der Waals surface area contributed by atoms with E-state index in [2.05, 4.69) is 9.88 Å². The molecule has 36 heavy (non-hydrogen) atoms. The van der Waals surface area contributed by atoms with E-state index in [1.54, 1.807) is 48.2 Å². The Morgan fingerprint density at radius 1 is 1.06 bits per heavy atom. The Morgan fingerprint density at radius 2 is 1.78 bits per heavy atom. The third-order valence-electron chi connectivity index (χ3n) is 6.59. The summed E-state index contributed by atoms with van der Waals surface area (Å²) in [5, 5.41) is 12.1. The molecule has 10 heteroatoms. The number of hydrogen-bond donors (Lipinski definition) is 1. The smallest absolute Gasteiger partial charge is 0.223 e. The van der Waals surface area contributed by atoms with Crippen molar-refractivity contribution in [3.05, 3.63) is 71.5 Å². The van der Waals surface area contributed by atoms with Crippen LogP contribution in [-0.2, 0) is 14.6 Å². The minimum Gasteiger partial charge on any atom is -0.387 e. The first-order chi connectivity index (χ1) is 17.2. The molecular weight excluding hydrogens is 500 g/mol. The van der Waals surface area contributed by atoms with Crippen molar-refractivity contribution in [3.63, 3.8) is 0 Å². The number of aliphatic hydroxyl groups excluding tert-OH is 1. The monoisotopic (exact) mass is 526 g/mol. The van der Waals surface area contributed by atoms with Gasteiger partial charge in [-0.15, -0.1) is 0 Å². The standard InChI is InChI=1S/C26H27ClN4O4S/c1-18(32)23-17-31-24(28-23)3-2-4-25(31)29-10-12-30(13-11-29)26(33)9-14-36(34,35)22-8-6-19-15-21(27)7-5-20(19)16-22/h2-8,15-18,32H,9-14H2,1H3. The number of rotatable bonds is 6. The van der Waals surface area contributed by atoms with Crippen molar-refractivity contribution in [2.75, 3.05) is 36.8 Å². The normalized spacial score (nSPS) is 15.5. The molecule has 0 aliphatic carbocycles. The first-order valence-corrected chi connectivity index (χ1v) is 13.9. The second-order valence-electron chi connectivity index (χ2n) is 9.04. The van der Waals surface area contributed by atoms with Gasteiger partial charge in [-0.25, -0.2) is 13.4 Å². The van der Waals surface area contributed by atoms with Crippen LogP contribution in [0.25, 0.3) is 16.4 Å². The maximum Gasteiger partial charge on any atom is 0.223 e. The number of hydrogen-bond acceptors (Lipinski definition) is 6. The van der Waals surface area contributed by atoms with Crippen LogP contribution in [-0.4, -0.2) is 65.6 Å². The summed E-state index contributed by atoms with van der Waals surface area (Å²) in [7, 11) is -3.60. The van der Waals surface area contributed by atoms with E-state index in [0.717, 1.165) is 22.2 Å². The molecule has 0 saturated carbocycles. The number of aromatic nitrogens is 2. The summed E-state index contributed by atoms with van der Waals surface area (Å²) in [5.74, 6) is 0.545. The minimum absolute atomic E-state index is 0.0597. The van der Waals surface area contributed by atoms with Crippen molar-refractivity contribution in [2.45, 2.75) is 24.3 Å². The van der Waals surface area contributed by atoms with E-state index in [1.807, 2.05) is 28.8 Å². The number of carbonyl (C=O) groups excluding carboxylic acids is 1. The molecule has 2 aromatic carbocycles. The summed E-state index contributed by atoms with van der Waals surface area (Å²) in [6.45, 7) is 3.93. The van der Waals surface area contributed by atoms with Crippen molar-refractivity contribution in [1.82, 2.24) is 14.3 Å². The average molecular weight is 527 g/mol. The lowest BCUT2D eigenvalue weighted by molar-refractivity contribution is -0.131. The number of piperazine rings is 1. The molecule has 2 aromatic heterocycles. The van der Waals surface area contributed by atoms with Gasteiger partial charge in [-0.3, -0.25) is 9.20 Å². The number of benzene rings is 2. The minimum atomic E-state index is -3.60. The van der Waals surface area contributed by atoms with Crippen LogP contribution in [0.1, 0.15) is 25.1 Å². The molecule has 1 amide bonds. The maximum absolute atomic E-state index is 12.9. The molecule has 0 spiro atoms. The highest BCUT2D eigenvalue weighted by molar-refractivity contribution is 7.91. The molecule has 1 aliphatic rings. The van der Waals surface area contributed by atoms with Gasteiger partial charge in [0.25, 0.3) is 0 Å². The Morgan fingerprint density at radius 3 is 2.53 bits per heavy atom. The largest absolute Gasteiger partial charge is 0.387 e. The number of carbonyl (C=O) groups is 1. The van der Waals surface area contributed by atoms with Gasteiger partial charge in [0.15, 0.2) is 9.84 Å². The molecule has 0 bridgehead atoms. The van der Waals surface area contributed by atoms with Gasteiger partial charge in [0.2, 0.25) is 5.91 Å². The number of aliphatic hydroxyl groups is 1. The van der Waals surface area contributed by atoms with Gasteiger partial charge in [0.1, 0.15) is 11.5 Å². The summed E-state index contributed by atoms with van der Waals surface area (Å²) in [5.41, 5.74) is 1.36. The summed E-state index contributed by atoms with van der Waals surface area (Å²) in [6.07, 6.45) is 1.12. The Labute approximate surface area is 214 Å². The topological polar surface area (TPSA) is 95.2 Å². The Hall–Kier alpha value is -3.14. The molecule has 5 rings (SSSR count). The number of sulfone groups is 1. The fourth-order valence-corrected chi connectivity index (χ4v) is 5.99. The van der Waals surface area contributed by atoms with Crippen molar-refractivity contribution in [1.29, 1.82) is 0 Å². The zero-order valence-electron chi connectivity index (χ0n) is 19.8. The van der Waals surface area contributed by atoms with Crippen molar-refractivity contribution in [2.24, 2.45) is 0 Å². The van der Waals surface area contributed by atoms with E-state index in [1.165, 1.54) is 0 Å². The SMILES string of the molecule is CC(O)c1cn2c(N3CCN(C(=O)CCS(=O)(=O)c4ccc5cc(Cl)ccc5c4)CC3)cccc2n1. The molecule has 3 heterocycles. The van der Waals surface area contributed by atoms with Crippen molar-refractivity contribution < 1.29 is 18.3 Å². The van der Waals surface area contributed by atoms with Crippen LogP contribution in [0.4, 0.5) is 5.82 Å². The first-order valence-electron chi connectivity index (χ1n) is 11.8. The maximum atomic E-state index is 12.9. The number of halogens is 1. The van der Waals surface area contributed by atoms with Gasteiger partial charge in [0.05, 0.1) is 22.4 Å². The molecule has 1 saturated heterocycles. The lowest BCUT2D eigenvalue weighted by Crippen LogP contribution is -2.49. The lowest BCUT2D eigenvalue weighted by atomic mass is 10.1. The van der Waals surface area contributed by atoms with Gasteiger partial charge >= 0.3 is 0 Å². The molecule has 1 unspecified atom stereocenters. The third kappa shape index (κ3) is 4.91. The van der Waals surface area contributed by atoms with Gasteiger partial charge in [-0.2, -0.15) is 0 Å². The van der Waals surface area contributed by atoms with Crippen molar-refractivity contribution >= 4 is 49.6 Å². The number of anilines is 1. The van der Waals surface area contributed by atoms with Crippen LogP contribution in [0, 0.1) is 0 Å². The Bertz CT molecular complexity index is 1540. The molecule has 1 N–H and O–H groups in total. The summed E-state index contributed by atoms with van der Waals surface area (Å²) < 4.78 is 27.8. The number of nitrogens with zero attached hydrogens (tertiary/aromatic N) is 4. The Kier molecular flexibility index (Phi) is 6.63. The second kappa shape index (κ2) is 9.72. The number of amides is 1. The van der Waals surface area contributed by atoms with Crippen LogP contribution >= 0.6 is 11.6 Å². The summed E-state index contributed by atoms with van der Waals surface area (Å²) in [4.78, 5) is 21.4. The molecule has 1 fully saturated rings. The second-order valence-corrected chi connectivity index (χ2v) is 11.6. The third-order valence-corrected chi connectivity index (χ3v) is 8.54. The van der Waals surface area contributed by atoms with Gasteiger partial charge in [-0.05, 0) is 54.1 Å². The highest BCUT2D eigenvalue weighted by Gasteiger charge is 2.25. The molecule has 4 aromatic rings. The van der Waals surface area contributed by atoms with E-state index >= 15 is 0 Å². The average Bonchev–Trinajstić information content (AvgIpc) is 3.32. The van der Waals surface area contributed by atoms with E-state index in [9.17, 15) is 18.3 Å². The number of fused-ring (bicyclic) bond motifs is 2. The van der Waals surface area contributed by atoms with Crippen molar-refractivity contribution in [3.8, 4) is 0 Å². The van der Waals surface area contributed by atoms with E-state index in [4.69, 9.17) is 11.6 Å². The van der Waals surface area contributed by atoms with Crippen LogP contribution in [0.2, 0.25) is 5.02 Å². The number of imidazole rings is 1. The van der Waals surface area contributed by atoms with Crippen LogP contribution in [0.5, 0.6) is 0 Å². The number of pyridine rings is 1. The molecule has 0 radical (unpaired) electrons. The summed E-state index contributed by atoms with van der Waals surface area (Å²) >= 11 is 6.01. The molecule has 188 valence electrons. The lowest BCUT2D eigenvalue weighted by Gasteiger charge is -2.36. The zero-order chi connectivity index (χ0) is 25.4. The predicted molar refractivity (Wildman–Crippen MR) is 140 cm³/mol. The van der Waals surface area contributed by atoms with Gasteiger partial charge < -0.3 is 14.9 Å². The first kappa shape index (κ1) is 24.5. The van der Waals surface area contributed by atoms with E-state index < -0.39 is 15.9 Å². The van der Waals surface area contributed by atoms with E-state index in [0.29, 0.717) is 36.9 Å². The molecular formula is C26H27ClN4O4S. The molecule has 8 nitrogen and oxygen atoms in total. The summed E-state index contributed by atoms with van der Waals surface area (Å²) in [6, 6.07) is 16.0. The fourth-order valence-electron chi connectivity index (χ4n) is 4.54. The van der Waals surface area contributed by atoms with Crippen LogP contribution in [0.15, 0.2) is 65.7 Å². The zero-order valence-corrected chi connectivity index (χ0v) is 21.4. The highest BCUT2D eigenvalue weighted by Crippen LogP contribution is 2.24. The Balaban J connectivity index is 1.21. The van der Waals surface area contributed by atoms with E-state index in [-0.39, 0.29) is 23.0 Å². The van der Waals surface area contributed by atoms with Crippen LogP contribution < -0.4 is 4.90 Å². The highest BCUT2D eigenvalue weighted by atomic mass is 35.5. The molecule has 1 aliphatic heterocycles. The fraction of sp³-hybridized carbons (Fsp3) is 0.308. The van der Waals surface area contributed by atoms with Gasteiger partial charge in [0, 0.05) is 43.8 Å².